The summed E-state index contributed by atoms with van der Waals surface area (Å²) in [6.45, 7) is 1.98. The Morgan fingerprint density at radius 1 is 1.54 bits per heavy atom. The lowest BCUT2D eigenvalue weighted by Crippen LogP contribution is -2.17. The standard InChI is InChI=1S/C10H14ClNS/c1-7(12)5-8-3-4-9(13-2)6-10(8)11/h3-4,6-7H,5,12H2,1-2H3. The van der Waals surface area contributed by atoms with Gasteiger partial charge in [-0.15, -0.1) is 11.8 Å². The van der Waals surface area contributed by atoms with Crippen LogP contribution in [0.4, 0.5) is 0 Å². The second kappa shape index (κ2) is 4.89. The van der Waals surface area contributed by atoms with Gasteiger partial charge in [-0.25, -0.2) is 0 Å². The number of nitrogens with two attached hydrogens (primary N) is 1. The van der Waals surface area contributed by atoms with Gasteiger partial charge in [-0.1, -0.05) is 17.7 Å². The van der Waals surface area contributed by atoms with Crippen LogP contribution in [0.5, 0.6) is 0 Å². The zero-order valence-electron chi connectivity index (χ0n) is 7.88. The first kappa shape index (κ1) is 10.9. The van der Waals surface area contributed by atoms with Crippen molar-refractivity contribution in [3.63, 3.8) is 0 Å². The van der Waals surface area contributed by atoms with E-state index in [-0.39, 0.29) is 6.04 Å². The Hall–Kier alpha value is -0.180. The molecular formula is C10H14ClNS. The Balaban J connectivity index is 2.85. The van der Waals surface area contributed by atoms with Gasteiger partial charge in [0.1, 0.15) is 0 Å². The highest BCUT2D eigenvalue weighted by molar-refractivity contribution is 7.98. The van der Waals surface area contributed by atoms with Crippen LogP contribution in [0, 0.1) is 0 Å². The van der Waals surface area contributed by atoms with E-state index in [4.69, 9.17) is 17.3 Å². The molecule has 1 unspecified atom stereocenters. The molecule has 0 aliphatic carbocycles. The molecular weight excluding hydrogens is 202 g/mol. The fourth-order valence-corrected chi connectivity index (χ4v) is 1.93. The molecule has 0 aliphatic rings. The lowest BCUT2D eigenvalue weighted by Gasteiger charge is -2.08. The molecule has 0 aliphatic heterocycles. The number of rotatable bonds is 3. The molecule has 1 aromatic carbocycles. The number of halogens is 1. The van der Waals surface area contributed by atoms with Gasteiger partial charge >= 0.3 is 0 Å². The van der Waals surface area contributed by atoms with Gasteiger partial charge in [-0.3, -0.25) is 0 Å². The SMILES string of the molecule is CSc1ccc(CC(C)N)c(Cl)c1. The summed E-state index contributed by atoms with van der Waals surface area (Å²) in [5, 5.41) is 0.823. The molecule has 72 valence electrons. The second-order valence-corrected chi connectivity index (χ2v) is 4.43. The van der Waals surface area contributed by atoms with Crippen molar-refractivity contribution >= 4 is 23.4 Å². The Labute approximate surface area is 88.7 Å². The lowest BCUT2D eigenvalue weighted by atomic mass is 10.1. The van der Waals surface area contributed by atoms with Crippen LogP contribution in [0.15, 0.2) is 23.1 Å². The molecule has 0 saturated heterocycles. The molecule has 0 saturated carbocycles. The number of thioether (sulfide) groups is 1. The van der Waals surface area contributed by atoms with Crippen LogP contribution in [0.1, 0.15) is 12.5 Å². The van der Waals surface area contributed by atoms with Crippen molar-refractivity contribution in [3.05, 3.63) is 28.8 Å². The van der Waals surface area contributed by atoms with E-state index in [0.29, 0.717) is 0 Å². The Morgan fingerprint density at radius 3 is 2.69 bits per heavy atom. The van der Waals surface area contributed by atoms with Gasteiger partial charge in [0.2, 0.25) is 0 Å². The van der Waals surface area contributed by atoms with Gasteiger partial charge in [-0.2, -0.15) is 0 Å². The molecule has 13 heavy (non-hydrogen) atoms. The quantitative estimate of drug-likeness (QED) is 0.785. The topological polar surface area (TPSA) is 26.0 Å². The fourth-order valence-electron chi connectivity index (χ4n) is 1.17. The molecule has 0 heterocycles. The van der Waals surface area contributed by atoms with Crippen LogP contribution in [0.25, 0.3) is 0 Å². The van der Waals surface area contributed by atoms with E-state index in [1.54, 1.807) is 11.8 Å². The monoisotopic (exact) mass is 215 g/mol. The normalized spacial score (nSPS) is 12.9. The van der Waals surface area contributed by atoms with Crippen molar-refractivity contribution in [1.29, 1.82) is 0 Å². The molecule has 0 radical (unpaired) electrons. The Kier molecular flexibility index (Phi) is 4.10. The van der Waals surface area contributed by atoms with Gasteiger partial charge in [0, 0.05) is 16.0 Å². The van der Waals surface area contributed by atoms with Crippen molar-refractivity contribution in [2.24, 2.45) is 5.73 Å². The van der Waals surface area contributed by atoms with E-state index in [0.717, 1.165) is 17.0 Å². The summed E-state index contributed by atoms with van der Waals surface area (Å²) in [4.78, 5) is 1.19. The van der Waals surface area contributed by atoms with E-state index in [1.807, 2.05) is 19.2 Å². The summed E-state index contributed by atoms with van der Waals surface area (Å²) in [5.74, 6) is 0. The van der Waals surface area contributed by atoms with Crippen LogP contribution in [0.2, 0.25) is 5.02 Å². The Morgan fingerprint density at radius 2 is 2.23 bits per heavy atom. The second-order valence-electron chi connectivity index (χ2n) is 3.14. The maximum absolute atomic E-state index is 6.08. The lowest BCUT2D eigenvalue weighted by molar-refractivity contribution is 0.738. The molecule has 1 atom stereocenters. The van der Waals surface area contributed by atoms with Crippen LogP contribution < -0.4 is 5.73 Å². The van der Waals surface area contributed by atoms with Crippen LogP contribution in [-0.2, 0) is 6.42 Å². The molecule has 0 bridgehead atoms. The van der Waals surface area contributed by atoms with Crippen molar-refractivity contribution in [2.75, 3.05) is 6.26 Å². The van der Waals surface area contributed by atoms with E-state index in [2.05, 4.69) is 12.1 Å². The van der Waals surface area contributed by atoms with E-state index in [9.17, 15) is 0 Å². The maximum atomic E-state index is 6.08. The van der Waals surface area contributed by atoms with Gasteiger partial charge in [0.15, 0.2) is 0 Å². The Bertz CT molecular complexity index is 286. The van der Waals surface area contributed by atoms with Gasteiger partial charge < -0.3 is 5.73 Å². The molecule has 0 fully saturated rings. The summed E-state index contributed by atoms with van der Waals surface area (Å²) in [6, 6.07) is 6.29. The van der Waals surface area contributed by atoms with Crippen molar-refractivity contribution < 1.29 is 0 Å². The van der Waals surface area contributed by atoms with E-state index >= 15 is 0 Å². The van der Waals surface area contributed by atoms with Crippen LogP contribution in [0.3, 0.4) is 0 Å². The minimum Gasteiger partial charge on any atom is -0.328 e. The van der Waals surface area contributed by atoms with Crippen LogP contribution >= 0.6 is 23.4 Å². The summed E-state index contributed by atoms with van der Waals surface area (Å²) < 4.78 is 0. The summed E-state index contributed by atoms with van der Waals surface area (Å²) in [6.07, 6.45) is 2.88. The molecule has 1 aromatic rings. The largest absolute Gasteiger partial charge is 0.328 e. The summed E-state index contributed by atoms with van der Waals surface area (Å²) in [5.41, 5.74) is 6.83. The third kappa shape index (κ3) is 3.22. The van der Waals surface area contributed by atoms with Gasteiger partial charge in [0.05, 0.1) is 0 Å². The minimum absolute atomic E-state index is 0.164. The average molecular weight is 216 g/mol. The zero-order valence-corrected chi connectivity index (χ0v) is 9.45. The number of hydrogen-bond acceptors (Lipinski definition) is 2. The molecule has 0 spiro atoms. The van der Waals surface area contributed by atoms with Crippen molar-refractivity contribution in [1.82, 2.24) is 0 Å². The molecule has 0 amide bonds. The minimum atomic E-state index is 0.164. The van der Waals surface area contributed by atoms with E-state index < -0.39 is 0 Å². The third-order valence-corrected chi connectivity index (χ3v) is 2.88. The highest BCUT2D eigenvalue weighted by Crippen LogP contribution is 2.23. The highest BCUT2D eigenvalue weighted by atomic mass is 35.5. The highest BCUT2D eigenvalue weighted by Gasteiger charge is 2.03. The average Bonchev–Trinajstić information content (AvgIpc) is 2.08. The first-order valence-corrected chi connectivity index (χ1v) is 5.81. The zero-order chi connectivity index (χ0) is 9.84. The molecule has 1 rings (SSSR count). The molecule has 1 nitrogen and oxygen atoms in total. The summed E-state index contributed by atoms with van der Waals surface area (Å²) >= 11 is 7.78. The van der Waals surface area contributed by atoms with Gasteiger partial charge in [-0.05, 0) is 37.3 Å². The predicted molar refractivity (Wildman–Crippen MR) is 60.6 cm³/mol. The van der Waals surface area contributed by atoms with Gasteiger partial charge in [0.25, 0.3) is 0 Å². The maximum Gasteiger partial charge on any atom is 0.0449 e. The first-order valence-electron chi connectivity index (χ1n) is 4.21. The predicted octanol–water partition coefficient (Wildman–Crippen LogP) is 2.95. The first-order chi connectivity index (χ1) is 6.13. The van der Waals surface area contributed by atoms with Crippen molar-refractivity contribution in [2.45, 2.75) is 24.3 Å². The number of benzene rings is 1. The molecule has 3 heteroatoms. The number of hydrogen-bond donors (Lipinski definition) is 1. The van der Waals surface area contributed by atoms with Crippen LogP contribution in [-0.4, -0.2) is 12.3 Å². The van der Waals surface area contributed by atoms with Crippen molar-refractivity contribution in [3.8, 4) is 0 Å². The summed E-state index contributed by atoms with van der Waals surface area (Å²) in [7, 11) is 0. The smallest absolute Gasteiger partial charge is 0.0449 e. The molecule has 2 N–H and O–H groups in total. The fraction of sp³-hybridized carbons (Fsp3) is 0.400. The van der Waals surface area contributed by atoms with E-state index in [1.165, 1.54) is 4.90 Å². The molecule has 0 aromatic heterocycles. The third-order valence-electron chi connectivity index (χ3n) is 1.80.